The lowest BCUT2D eigenvalue weighted by atomic mass is 9.91. The van der Waals surface area contributed by atoms with Gasteiger partial charge in [0.1, 0.15) is 6.17 Å². The second-order valence-electron chi connectivity index (χ2n) is 12.2. The Morgan fingerprint density at radius 3 is 2.69 bits per heavy atom. The summed E-state index contributed by atoms with van der Waals surface area (Å²) < 4.78 is 13.7. The number of halogens is 2. The normalized spacial score (nSPS) is 20.1. The van der Waals surface area contributed by atoms with Crippen LogP contribution >= 0.6 is 11.6 Å². The van der Waals surface area contributed by atoms with E-state index in [0.29, 0.717) is 56.3 Å². The summed E-state index contributed by atoms with van der Waals surface area (Å²) in [7, 11) is 0. The highest BCUT2D eigenvalue weighted by Gasteiger charge is 2.30. The van der Waals surface area contributed by atoms with E-state index in [-0.39, 0.29) is 24.4 Å². The van der Waals surface area contributed by atoms with E-state index in [0.717, 1.165) is 63.0 Å². The maximum absolute atomic E-state index is 13.7. The monoisotopic (exact) mass is 631 g/mol. The van der Waals surface area contributed by atoms with Crippen molar-refractivity contribution in [3.63, 3.8) is 0 Å². The topological polar surface area (TPSA) is 111 Å². The zero-order valence-corrected chi connectivity index (χ0v) is 26.5. The second kappa shape index (κ2) is 12.8. The number of piperidine rings is 1. The molecule has 2 amide bonds. The first-order valence-corrected chi connectivity index (χ1v) is 15.9. The van der Waals surface area contributed by atoms with Crippen LogP contribution in [0.25, 0.3) is 22.2 Å². The maximum Gasteiger partial charge on any atom is 0.245 e. The van der Waals surface area contributed by atoms with Crippen molar-refractivity contribution in [2.45, 2.75) is 51.7 Å². The minimum absolute atomic E-state index is 0.0162. The zero-order chi connectivity index (χ0) is 31.8. The van der Waals surface area contributed by atoms with Gasteiger partial charge in [-0.1, -0.05) is 24.2 Å². The third-order valence-electron chi connectivity index (χ3n) is 9.23. The van der Waals surface area contributed by atoms with Crippen molar-refractivity contribution < 1.29 is 14.0 Å². The van der Waals surface area contributed by atoms with E-state index in [9.17, 15) is 14.0 Å². The number of nitrogens with one attached hydrogen (secondary N) is 1. The number of rotatable bonds is 7. The number of hydrogen-bond acceptors (Lipinski definition) is 6. The van der Waals surface area contributed by atoms with Crippen LogP contribution in [0.4, 0.5) is 10.1 Å². The first kappa shape index (κ1) is 31.0. The van der Waals surface area contributed by atoms with E-state index in [2.05, 4.69) is 16.8 Å². The highest BCUT2D eigenvalue weighted by atomic mass is 35.5. The molecule has 2 aromatic carbocycles. The molecule has 1 unspecified atom stereocenters. The highest BCUT2D eigenvalue weighted by molar-refractivity contribution is 6.40. The molecule has 0 bridgehead atoms. The van der Waals surface area contributed by atoms with Gasteiger partial charge < -0.3 is 15.5 Å². The van der Waals surface area contributed by atoms with E-state index in [4.69, 9.17) is 22.3 Å². The van der Waals surface area contributed by atoms with Crippen LogP contribution in [0.1, 0.15) is 48.4 Å². The van der Waals surface area contributed by atoms with Crippen LogP contribution in [0, 0.1) is 6.92 Å². The molecule has 0 radical (unpaired) electrons. The molecule has 2 fully saturated rings. The van der Waals surface area contributed by atoms with Crippen molar-refractivity contribution in [3.8, 4) is 0 Å². The van der Waals surface area contributed by atoms with Crippen LogP contribution in [0.3, 0.4) is 0 Å². The molecule has 3 aromatic rings. The predicted molar refractivity (Wildman–Crippen MR) is 178 cm³/mol. The van der Waals surface area contributed by atoms with Gasteiger partial charge in [-0.25, -0.2) is 4.39 Å². The molecule has 0 aliphatic carbocycles. The number of nitrogens with zero attached hydrogens (tertiary/aromatic N) is 5. The predicted octanol–water partition coefficient (Wildman–Crippen LogP) is 4.92. The SMILES string of the molecule is C=CC(=O)N1CCC(N=C(C)/C(=C(\N)c2ccc3c(c2)CCN3C(=O)CN2CCC(F)C2)c2c(Cl)c(C)cc3[nH]ncc23)CC1. The molecule has 45 heavy (non-hydrogen) atoms. The molecule has 3 aliphatic heterocycles. The molecule has 0 spiro atoms. The lowest BCUT2D eigenvalue weighted by molar-refractivity contribution is -0.127. The number of amides is 2. The van der Waals surface area contributed by atoms with Gasteiger partial charge in [-0.2, -0.15) is 5.10 Å². The van der Waals surface area contributed by atoms with Crippen LogP contribution in [0.15, 0.2) is 48.1 Å². The average molecular weight is 632 g/mol. The summed E-state index contributed by atoms with van der Waals surface area (Å²) in [6, 6.07) is 7.93. The Kier molecular flexibility index (Phi) is 8.79. The van der Waals surface area contributed by atoms with Gasteiger partial charge in [0.2, 0.25) is 11.8 Å². The van der Waals surface area contributed by atoms with Crippen LogP contribution in [0.5, 0.6) is 0 Å². The van der Waals surface area contributed by atoms with E-state index in [1.54, 1.807) is 16.0 Å². The molecular formula is C34H39ClFN7O2. The van der Waals surface area contributed by atoms with Gasteiger partial charge in [-0.05, 0) is 80.5 Å². The summed E-state index contributed by atoms with van der Waals surface area (Å²) >= 11 is 7.03. The standard InChI is InChI=1S/C34H39ClFN7O2/c1-4-29(44)42-12-9-25(10-13-42)39-21(3)31(32-26-17-38-40-27(26)15-20(2)33(32)35)34(37)23-5-6-28-22(16-23)7-14-43(28)30(45)19-41-11-8-24(36)18-41/h4-6,15-17,24-25H,1,7-14,18-19,37H2,2-3H3,(H,38,40)/b34-31+,39-21?. The molecule has 236 valence electrons. The summed E-state index contributed by atoms with van der Waals surface area (Å²) in [5.74, 6) is -0.0771. The Labute approximate surface area is 267 Å². The fourth-order valence-corrected chi connectivity index (χ4v) is 7.07. The molecule has 6 rings (SSSR count). The van der Waals surface area contributed by atoms with Gasteiger partial charge in [0, 0.05) is 66.3 Å². The first-order chi connectivity index (χ1) is 21.6. The van der Waals surface area contributed by atoms with E-state index >= 15 is 0 Å². The maximum atomic E-state index is 13.7. The first-order valence-electron chi connectivity index (χ1n) is 15.5. The van der Waals surface area contributed by atoms with E-state index in [1.807, 2.05) is 43.0 Å². The summed E-state index contributed by atoms with van der Waals surface area (Å²) in [6.45, 7) is 10.5. The molecule has 0 saturated carbocycles. The number of aromatic nitrogens is 2. The highest BCUT2D eigenvalue weighted by Crippen LogP contribution is 2.39. The van der Waals surface area contributed by atoms with Crippen molar-refractivity contribution in [2.24, 2.45) is 10.7 Å². The molecule has 1 atom stereocenters. The molecule has 9 nitrogen and oxygen atoms in total. The molecule has 11 heteroatoms. The zero-order valence-electron chi connectivity index (χ0n) is 25.8. The van der Waals surface area contributed by atoms with Gasteiger partial charge in [-0.15, -0.1) is 0 Å². The van der Waals surface area contributed by atoms with Gasteiger partial charge in [0.05, 0.1) is 29.3 Å². The van der Waals surface area contributed by atoms with Crippen LogP contribution in [-0.4, -0.2) is 89.0 Å². The third kappa shape index (κ3) is 6.13. The fraction of sp³-hybridized carbons (Fsp3) is 0.412. The lowest BCUT2D eigenvalue weighted by Crippen LogP contribution is -2.39. The lowest BCUT2D eigenvalue weighted by Gasteiger charge is -2.30. The number of H-pyrrole nitrogens is 1. The minimum Gasteiger partial charge on any atom is -0.398 e. The van der Waals surface area contributed by atoms with E-state index < -0.39 is 6.17 Å². The Morgan fingerprint density at radius 2 is 1.98 bits per heavy atom. The number of allylic oxidation sites excluding steroid dienone is 1. The van der Waals surface area contributed by atoms with Crippen LogP contribution < -0.4 is 10.6 Å². The molecule has 3 aliphatic rings. The van der Waals surface area contributed by atoms with Crippen molar-refractivity contribution >= 4 is 57.0 Å². The van der Waals surface area contributed by atoms with Crippen LogP contribution in [-0.2, 0) is 16.0 Å². The van der Waals surface area contributed by atoms with Crippen molar-refractivity contribution in [1.82, 2.24) is 20.0 Å². The summed E-state index contributed by atoms with van der Waals surface area (Å²) in [4.78, 5) is 35.9. The Balaban J connectivity index is 1.37. The number of carbonyl (C=O) groups excluding carboxylic acids is 2. The quantitative estimate of drug-likeness (QED) is 0.218. The van der Waals surface area contributed by atoms with Gasteiger partial charge in [0.25, 0.3) is 0 Å². The molecule has 3 N–H and O–H groups in total. The second-order valence-corrected chi connectivity index (χ2v) is 12.6. The number of carbonyl (C=O) groups is 2. The van der Waals surface area contributed by atoms with Crippen molar-refractivity contribution in [3.05, 3.63) is 70.4 Å². The number of aliphatic imine (C=N–C) groups is 1. The van der Waals surface area contributed by atoms with Crippen LogP contribution in [0.2, 0.25) is 5.02 Å². The largest absolute Gasteiger partial charge is 0.398 e. The van der Waals surface area contributed by atoms with Gasteiger partial charge >= 0.3 is 0 Å². The smallest absolute Gasteiger partial charge is 0.245 e. The Bertz CT molecular complexity index is 1720. The number of aryl methyl sites for hydroxylation is 1. The fourth-order valence-electron chi connectivity index (χ4n) is 6.82. The van der Waals surface area contributed by atoms with Crippen molar-refractivity contribution in [2.75, 3.05) is 44.2 Å². The molecule has 4 heterocycles. The summed E-state index contributed by atoms with van der Waals surface area (Å²) in [6.07, 6.45) is 4.91. The number of alkyl halides is 1. The minimum atomic E-state index is -0.860. The number of likely N-dealkylation sites (tertiary alicyclic amines) is 2. The molecule has 1 aromatic heterocycles. The number of hydrogen-bond donors (Lipinski definition) is 2. The van der Waals surface area contributed by atoms with Gasteiger partial charge in [0.15, 0.2) is 0 Å². The number of aromatic amines is 1. The Hall–Kier alpha value is -4.02. The molecule has 2 saturated heterocycles. The number of benzene rings is 2. The molecular weight excluding hydrogens is 593 g/mol. The summed E-state index contributed by atoms with van der Waals surface area (Å²) in [5.41, 5.74) is 14.3. The van der Waals surface area contributed by atoms with Crippen molar-refractivity contribution in [1.29, 1.82) is 0 Å². The Morgan fingerprint density at radius 1 is 1.20 bits per heavy atom. The number of nitrogens with two attached hydrogens (primary N) is 1. The number of anilines is 1. The third-order valence-corrected chi connectivity index (χ3v) is 9.72. The van der Waals surface area contributed by atoms with E-state index in [1.165, 1.54) is 6.08 Å². The summed E-state index contributed by atoms with van der Waals surface area (Å²) in [5, 5.41) is 8.78. The number of fused-ring (bicyclic) bond motifs is 2. The van der Waals surface area contributed by atoms with Gasteiger partial charge in [-0.3, -0.25) is 24.6 Å². The average Bonchev–Trinajstić information content (AvgIpc) is 3.78.